The molecule has 2 nitrogen and oxygen atoms in total. The first kappa shape index (κ1) is 15.3. The van der Waals surface area contributed by atoms with Crippen molar-refractivity contribution in [2.45, 2.75) is 0 Å². The third kappa shape index (κ3) is 2.81. The van der Waals surface area contributed by atoms with Crippen LogP contribution in [0.2, 0.25) is 5.02 Å². The maximum Gasteiger partial charge on any atom is 0.136 e. The SMILES string of the molecule is Clc1cc(Br)cc(N(c2ccccc2)c2coc3ccccc23)c1. The van der Waals surface area contributed by atoms with Crippen LogP contribution in [0.4, 0.5) is 17.1 Å². The number of anilines is 3. The van der Waals surface area contributed by atoms with Crippen LogP contribution in [0.1, 0.15) is 0 Å². The van der Waals surface area contributed by atoms with Gasteiger partial charge in [0.25, 0.3) is 0 Å². The molecule has 24 heavy (non-hydrogen) atoms. The van der Waals surface area contributed by atoms with E-state index in [9.17, 15) is 0 Å². The van der Waals surface area contributed by atoms with Gasteiger partial charge in [0.15, 0.2) is 0 Å². The van der Waals surface area contributed by atoms with Gasteiger partial charge in [-0.1, -0.05) is 57.9 Å². The van der Waals surface area contributed by atoms with Crippen molar-refractivity contribution in [1.82, 2.24) is 0 Å². The van der Waals surface area contributed by atoms with Gasteiger partial charge in [0, 0.05) is 26.3 Å². The van der Waals surface area contributed by atoms with Gasteiger partial charge < -0.3 is 9.32 Å². The van der Waals surface area contributed by atoms with Gasteiger partial charge in [0.2, 0.25) is 0 Å². The summed E-state index contributed by atoms with van der Waals surface area (Å²) >= 11 is 9.81. The van der Waals surface area contributed by atoms with Crippen molar-refractivity contribution in [1.29, 1.82) is 0 Å². The molecule has 0 bridgehead atoms. The van der Waals surface area contributed by atoms with E-state index in [0.717, 1.165) is 32.5 Å². The Morgan fingerprint density at radius 1 is 0.833 bits per heavy atom. The number of fused-ring (bicyclic) bond motifs is 1. The number of hydrogen-bond donors (Lipinski definition) is 0. The monoisotopic (exact) mass is 397 g/mol. The molecule has 0 aliphatic rings. The summed E-state index contributed by atoms with van der Waals surface area (Å²) in [5, 5.41) is 1.73. The first-order valence-corrected chi connectivity index (χ1v) is 8.67. The molecule has 0 radical (unpaired) electrons. The number of para-hydroxylation sites is 2. The summed E-state index contributed by atoms with van der Waals surface area (Å²) < 4.78 is 6.68. The van der Waals surface area contributed by atoms with E-state index < -0.39 is 0 Å². The molecule has 0 saturated heterocycles. The summed E-state index contributed by atoms with van der Waals surface area (Å²) in [5.41, 5.74) is 3.84. The van der Waals surface area contributed by atoms with Crippen molar-refractivity contribution >= 4 is 55.6 Å². The summed E-state index contributed by atoms with van der Waals surface area (Å²) in [6, 6.07) is 24.0. The lowest BCUT2D eigenvalue weighted by Gasteiger charge is -2.24. The van der Waals surface area contributed by atoms with Gasteiger partial charge in [0.05, 0.1) is 5.69 Å². The quantitative estimate of drug-likeness (QED) is 0.359. The van der Waals surface area contributed by atoms with Crippen LogP contribution < -0.4 is 4.90 Å². The highest BCUT2D eigenvalue weighted by Crippen LogP contribution is 2.41. The molecule has 4 heteroatoms. The number of furan rings is 1. The summed E-state index contributed by atoms with van der Waals surface area (Å²) in [4.78, 5) is 2.14. The predicted octanol–water partition coefficient (Wildman–Crippen LogP) is 7.32. The Kier molecular flexibility index (Phi) is 4.05. The molecule has 0 aliphatic carbocycles. The van der Waals surface area contributed by atoms with Crippen LogP contribution in [0.3, 0.4) is 0 Å². The van der Waals surface area contributed by atoms with Crippen molar-refractivity contribution in [2.75, 3.05) is 4.90 Å². The number of hydrogen-bond acceptors (Lipinski definition) is 2. The van der Waals surface area contributed by atoms with E-state index in [1.54, 1.807) is 6.26 Å². The number of rotatable bonds is 3. The van der Waals surface area contributed by atoms with Gasteiger partial charge in [-0.3, -0.25) is 0 Å². The average Bonchev–Trinajstić information content (AvgIpc) is 2.99. The van der Waals surface area contributed by atoms with Crippen LogP contribution >= 0.6 is 27.5 Å². The third-order valence-electron chi connectivity index (χ3n) is 3.82. The van der Waals surface area contributed by atoms with Crippen molar-refractivity contribution in [2.24, 2.45) is 0 Å². The Labute approximate surface area is 153 Å². The van der Waals surface area contributed by atoms with Gasteiger partial charge >= 0.3 is 0 Å². The molecule has 0 saturated carbocycles. The van der Waals surface area contributed by atoms with Gasteiger partial charge in [-0.15, -0.1) is 0 Å². The minimum Gasteiger partial charge on any atom is -0.462 e. The van der Waals surface area contributed by atoms with Gasteiger partial charge in [0.1, 0.15) is 11.8 Å². The lowest BCUT2D eigenvalue weighted by molar-refractivity contribution is 0.616. The van der Waals surface area contributed by atoms with Crippen molar-refractivity contribution in [3.05, 3.63) is 88.6 Å². The fourth-order valence-electron chi connectivity index (χ4n) is 2.81. The Morgan fingerprint density at radius 2 is 1.58 bits per heavy atom. The maximum absolute atomic E-state index is 6.28. The van der Waals surface area contributed by atoms with E-state index in [4.69, 9.17) is 16.0 Å². The molecule has 0 spiro atoms. The van der Waals surface area contributed by atoms with E-state index in [1.807, 2.05) is 54.6 Å². The predicted molar refractivity (Wildman–Crippen MR) is 104 cm³/mol. The topological polar surface area (TPSA) is 16.4 Å². The van der Waals surface area contributed by atoms with E-state index in [2.05, 4.69) is 39.0 Å². The van der Waals surface area contributed by atoms with Crippen LogP contribution in [0.5, 0.6) is 0 Å². The van der Waals surface area contributed by atoms with Crippen molar-refractivity contribution < 1.29 is 4.42 Å². The van der Waals surface area contributed by atoms with Crippen LogP contribution in [-0.2, 0) is 0 Å². The summed E-state index contributed by atoms with van der Waals surface area (Å²) in [6.45, 7) is 0. The molecule has 0 atom stereocenters. The van der Waals surface area contributed by atoms with Gasteiger partial charge in [-0.25, -0.2) is 0 Å². The molecule has 3 aromatic carbocycles. The molecule has 118 valence electrons. The fraction of sp³-hybridized carbons (Fsp3) is 0. The first-order valence-electron chi connectivity index (χ1n) is 7.50. The zero-order valence-corrected chi connectivity index (χ0v) is 15.0. The molecule has 0 unspecified atom stereocenters. The lowest BCUT2D eigenvalue weighted by Crippen LogP contribution is -2.09. The number of benzene rings is 3. The molecular weight excluding hydrogens is 386 g/mol. The zero-order valence-electron chi connectivity index (χ0n) is 12.6. The Morgan fingerprint density at radius 3 is 2.38 bits per heavy atom. The summed E-state index contributed by atoms with van der Waals surface area (Å²) in [5.74, 6) is 0. The maximum atomic E-state index is 6.28. The molecule has 0 N–H and O–H groups in total. The summed E-state index contributed by atoms with van der Waals surface area (Å²) in [6.07, 6.45) is 1.78. The van der Waals surface area contributed by atoms with E-state index in [0.29, 0.717) is 5.02 Å². The number of nitrogens with zero attached hydrogens (tertiary/aromatic N) is 1. The number of halogens is 2. The normalized spacial score (nSPS) is 10.9. The molecule has 1 heterocycles. The van der Waals surface area contributed by atoms with E-state index in [-0.39, 0.29) is 0 Å². The van der Waals surface area contributed by atoms with Gasteiger partial charge in [-0.05, 0) is 42.5 Å². The zero-order chi connectivity index (χ0) is 16.5. The van der Waals surface area contributed by atoms with Crippen LogP contribution in [-0.4, -0.2) is 0 Å². The second-order valence-corrected chi connectivity index (χ2v) is 6.77. The lowest BCUT2D eigenvalue weighted by atomic mass is 10.1. The Bertz CT molecular complexity index is 977. The van der Waals surface area contributed by atoms with Crippen molar-refractivity contribution in [3.8, 4) is 0 Å². The fourth-order valence-corrected chi connectivity index (χ4v) is 3.65. The smallest absolute Gasteiger partial charge is 0.136 e. The molecule has 4 rings (SSSR count). The van der Waals surface area contributed by atoms with E-state index >= 15 is 0 Å². The molecule has 4 aromatic rings. The standard InChI is InChI=1S/C20H13BrClNO/c21-14-10-15(22)12-17(11-14)23(16-6-2-1-3-7-16)19-13-24-20-9-5-4-8-18(19)20/h1-13H. The Balaban J connectivity index is 1.97. The second-order valence-electron chi connectivity index (χ2n) is 5.42. The molecular formula is C20H13BrClNO. The van der Waals surface area contributed by atoms with Gasteiger partial charge in [-0.2, -0.15) is 0 Å². The minimum atomic E-state index is 0.674. The highest BCUT2D eigenvalue weighted by Gasteiger charge is 2.18. The largest absolute Gasteiger partial charge is 0.462 e. The Hall–Kier alpha value is -2.23. The molecule has 1 aromatic heterocycles. The molecule has 0 amide bonds. The van der Waals surface area contributed by atoms with Crippen LogP contribution in [0, 0.1) is 0 Å². The molecule has 0 fully saturated rings. The third-order valence-corrected chi connectivity index (χ3v) is 4.50. The molecule has 0 aliphatic heterocycles. The van der Waals surface area contributed by atoms with Crippen LogP contribution in [0.25, 0.3) is 11.0 Å². The highest BCUT2D eigenvalue weighted by molar-refractivity contribution is 9.10. The summed E-state index contributed by atoms with van der Waals surface area (Å²) in [7, 11) is 0. The van der Waals surface area contributed by atoms with E-state index in [1.165, 1.54) is 0 Å². The highest BCUT2D eigenvalue weighted by atomic mass is 79.9. The first-order chi connectivity index (χ1) is 11.7. The average molecular weight is 399 g/mol. The van der Waals surface area contributed by atoms with Crippen LogP contribution in [0.15, 0.2) is 87.9 Å². The minimum absolute atomic E-state index is 0.674. The second kappa shape index (κ2) is 6.34. The van der Waals surface area contributed by atoms with Crippen molar-refractivity contribution in [3.63, 3.8) is 0 Å².